The molecule has 1 amide bonds. The van der Waals surface area contributed by atoms with Gasteiger partial charge in [-0.05, 0) is 44.5 Å². The van der Waals surface area contributed by atoms with Crippen molar-refractivity contribution in [3.05, 3.63) is 75.7 Å². The second-order valence-corrected chi connectivity index (χ2v) is 9.94. The van der Waals surface area contributed by atoms with Crippen LogP contribution in [0.4, 0.5) is 38.0 Å². The second-order valence-electron chi connectivity index (χ2n) is 9.94. The maximum atomic E-state index is 14.1. The first-order valence-corrected chi connectivity index (χ1v) is 12.7. The zero-order valence-corrected chi connectivity index (χ0v) is 22.6. The van der Waals surface area contributed by atoms with Crippen LogP contribution in [0.15, 0.2) is 48.7 Å². The first kappa shape index (κ1) is 28.6. The lowest BCUT2D eigenvalue weighted by atomic mass is 9.97. The fraction of sp³-hybridized carbons (Fsp3) is 0.370. The van der Waals surface area contributed by atoms with Gasteiger partial charge in [-0.15, -0.1) is 0 Å². The molecule has 1 aromatic heterocycles. The number of benzene rings is 2. The molecule has 4 rings (SSSR count). The maximum absolute atomic E-state index is 14.1. The zero-order chi connectivity index (χ0) is 28.9. The van der Waals surface area contributed by atoms with Crippen LogP contribution in [0.25, 0.3) is 0 Å². The molecule has 2 heterocycles. The third-order valence-electron chi connectivity index (χ3n) is 5.92. The predicted octanol–water partition coefficient (Wildman–Crippen LogP) is 5.84. The van der Waals surface area contributed by atoms with Crippen molar-refractivity contribution >= 4 is 34.9 Å². The Kier molecular flexibility index (Phi) is 8.45. The average Bonchev–Trinajstić information content (AvgIpc) is 3.38. The summed E-state index contributed by atoms with van der Waals surface area (Å²) >= 11 is 0. The lowest BCUT2D eigenvalue weighted by Gasteiger charge is -2.28. The van der Waals surface area contributed by atoms with Crippen molar-refractivity contribution in [2.24, 2.45) is 0 Å². The number of nitrogens with zero attached hydrogens (tertiary/aromatic N) is 3. The van der Waals surface area contributed by atoms with Crippen molar-refractivity contribution < 1.29 is 28.3 Å². The highest BCUT2D eigenvalue weighted by Crippen LogP contribution is 2.37. The van der Waals surface area contributed by atoms with Gasteiger partial charge in [0.05, 0.1) is 29.5 Å². The van der Waals surface area contributed by atoms with Crippen molar-refractivity contribution in [3.8, 4) is 0 Å². The van der Waals surface area contributed by atoms with Crippen LogP contribution in [-0.4, -0.2) is 39.8 Å². The first-order chi connectivity index (χ1) is 19.0. The van der Waals surface area contributed by atoms with E-state index in [1.54, 1.807) is 20.8 Å². The minimum Gasteiger partial charge on any atom is -0.444 e. The van der Waals surface area contributed by atoms with Crippen molar-refractivity contribution in [2.45, 2.75) is 52.0 Å². The summed E-state index contributed by atoms with van der Waals surface area (Å²) in [6.45, 7) is 8.20. The average molecular weight is 555 g/mol. The van der Waals surface area contributed by atoms with Gasteiger partial charge >= 0.3 is 11.8 Å². The van der Waals surface area contributed by atoms with E-state index in [4.69, 9.17) is 14.2 Å². The third kappa shape index (κ3) is 6.79. The summed E-state index contributed by atoms with van der Waals surface area (Å²) < 4.78 is 31.2. The monoisotopic (exact) mass is 554 g/mol. The number of halogens is 1. The number of nitrogens with one attached hydrogen (secondary N) is 3. The Morgan fingerprint density at radius 1 is 1.18 bits per heavy atom. The van der Waals surface area contributed by atoms with Gasteiger partial charge in [-0.1, -0.05) is 31.2 Å². The normalized spacial score (nSPS) is 14.4. The molecule has 0 atom stereocenters. The molecule has 1 saturated heterocycles. The number of ether oxygens (including phenoxy) is 3. The molecule has 3 aromatic rings. The highest BCUT2D eigenvalue weighted by atomic mass is 19.1. The summed E-state index contributed by atoms with van der Waals surface area (Å²) in [4.78, 5) is 31.7. The van der Waals surface area contributed by atoms with Crippen LogP contribution in [0.3, 0.4) is 0 Å². The number of aromatic nitrogens is 2. The van der Waals surface area contributed by atoms with E-state index in [1.807, 2.05) is 31.2 Å². The summed E-state index contributed by atoms with van der Waals surface area (Å²) in [7, 11) is 0. The summed E-state index contributed by atoms with van der Waals surface area (Å²) in [6, 6.07) is 11.1. The Bertz CT molecular complexity index is 1390. The topological polar surface area (TPSA) is 150 Å². The van der Waals surface area contributed by atoms with E-state index < -0.39 is 28.2 Å². The maximum Gasteiger partial charge on any atom is 0.412 e. The smallest absolute Gasteiger partial charge is 0.412 e. The van der Waals surface area contributed by atoms with Gasteiger partial charge in [0.1, 0.15) is 17.6 Å². The van der Waals surface area contributed by atoms with Gasteiger partial charge < -0.3 is 24.8 Å². The molecule has 40 heavy (non-hydrogen) atoms. The number of amides is 1. The van der Waals surface area contributed by atoms with Gasteiger partial charge in [0.25, 0.3) is 0 Å². The van der Waals surface area contributed by atoms with Crippen molar-refractivity contribution in [1.29, 1.82) is 0 Å². The lowest BCUT2D eigenvalue weighted by Crippen LogP contribution is -2.28. The largest absolute Gasteiger partial charge is 0.444 e. The molecule has 3 N–H and O–H groups in total. The highest BCUT2D eigenvalue weighted by molar-refractivity contribution is 5.90. The number of carbonyl (C=O) groups excluding carboxylic acids is 1. The summed E-state index contributed by atoms with van der Waals surface area (Å²) in [5.74, 6) is -1.60. The molecular formula is C27H31FN6O6. The Morgan fingerprint density at radius 3 is 2.58 bits per heavy atom. The summed E-state index contributed by atoms with van der Waals surface area (Å²) in [5, 5.41) is 20.1. The fourth-order valence-corrected chi connectivity index (χ4v) is 4.19. The summed E-state index contributed by atoms with van der Waals surface area (Å²) in [5.41, 5.74) is 0.843. The van der Waals surface area contributed by atoms with Gasteiger partial charge in [-0.2, -0.15) is 4.98 Å². The molecule has 0 radical (unpaired) electrons. The standard InChI is InChI=1S/C27H31FN6O6/c1-5-27(38-12-13-39-27)19-9-7-6-8-17(19)15-29-23-22(34(36)37)16-30-24(33-23)31-21-14-18(28)10-11-20(21)32-25(35)40-26(2,3)4/h6-11,14,16H,5,12-13,15H2,1-4H3,(H,32,35)(H2,29,30,31,33). The lowest BCUT2D eigenvalue weighted by molar-refractivity contribution is -0.384. The zero-order valence-electron chi connectivity index (χ0n) is 22.6. The van der Waals surface area contributed by atoms with Crippen LogP contribution < -0.4 is 16.0 Å². The number of nitro groups is 1. The van der Waals surface area contributed by atoms with Crippen molar-refractivity contribution in [3.63, 3.8) is 0 Å². The van der Waals surface area contributed by atoms with Crippen LogP contribution >= 0.6 is 0 Å². The van der Waals surface area contributed by atoms with Gasteiger partial charge in [-0.25, -0.2) is 14.2 Å². The number of hydrogen-bond acceptors (Lipinski definition) is 10. The molecule has 0 unspecified atom stereocenters. The molecule has 0 aliphatic carbocycles. The molecule has 1 aliphatic rings. The number of anilines is 4. The Hall–Kier alpha value is -4.36. The van der Waals surface area contributed by atoms with E-state index in [0.29, 0.717) is 19.6 Å². The molecule has 13 heteroatoms. The molecule has 1 aliphatic heterocycles. The van der Waals surface area contributed by atoms with Gasteiger partial charge in [0.2, 0.25) is 11.8 Å². The van der Waals surface area contributed by atoms with Gasteiger partial charge in [-0.3, -0.25) is 15.4 Å². The van der Waals surface area contributed by atoms with E-state index in [-0.39, 0.29) is 35.4 Å². The van der Waals surface area contributed by atoms with Gasteiger partial charge in [0, 0.05) is 18.5 Å². The van der Waals surface area contributed by atoms with Crippen LogP contribution in [0.5, 0.6) is 0 Å². The van der Waals surface area contributed by atoms with E-state index >= 15 is 0 Å². The van der Waals surface area contributed by atoms with Crippen molar-refractivity contribution in [1.82, 2.24) is 9.97 Å². The van der Waals surface area contributed by atoms with Crippen LogP contribution in [0.1, 0.15) is 45.2 Å². The van der Waals surface area contributed by atoms with Crippen molar-refractivity contribution in [2.75, 3.05) is 29.2 Å². The van der Waals surface area contributed by atoms with Crippen LogP contribution in [-0.2, 0) is 26.5 Å². The molecule has 0 bridgehead atoms. The minimum atomic E-state index is -0.891. The number of rotatable bonds is 9. The van der Waals surface area contributed by atoms with Crippen LogP contribution in [0.2, 0.25) is 0 Å². The molecular weight excluding hydrogens is 523 g/mol. The fourth-order valence-electron chi connectivity index (χ4n) is 4.19. The minimum absolute atomic E-state index is 0.0610. The summed E-state index contributed by atoms with van der Waals surface area (Å²) in [6.07, 6.45) is 0.882. The molecule has 212 valence electrons. The second kappa shape index (κ2) is 11.8. The van der Waals surface area contributed by atoms with E-state index in [2.05, 4.69) is 25.9 Å². The Morgan fingerprint density at radius 2 is 1.90 bits per heavy atom. The van der Waals surface area contributed by atoms with Crippen LogP contribution in [0, 0.1) is 15.9 Å². The predicted molar refractivity (Wildman–Crippen MR) is 146 cm³/mol. The quantitative estimate of drug-likeness (QED) is 0.218. The van der Waals surface area contributed by atoms with Gasteiger partial charge in [0.15, 0.2) is 5.79 Å². The first-order valence-electron chi connectivity index (χ1n) is 12.7. The molecule has 12 nitrogen and oxygen atoms in total. The third-order valence-corrected chi connectivity index (χ3v) is 5.92. The van der Waals surface area contributed by atoms with E-state index in [0.717, 1.165) is 23.4 Å². The molecule has 0 saturated carbocycles. The van der Waals surface area contributed by atoms with E-state index in [1.165, 1.54) is 12.1 Å². The molecule has 1 fully saturated rings. The Balaban J connectivity index is 1.59. The molecule has 0 spiro atoms. The number of carbonyl (C=O) groups is 1. The molecule has 2 aromatic carbocycles. The highest BCUT2D eigenvalue weighted by Gasteiger charge is 2.38. The number of hydrogen-bond donors (Lipinski definition) is 3. The Labute approximate surface area is 230 Å². The van der Waals surface area contributed by atoms with E-state index in [9.17, 15) is 19.3 Å². The SMILES string of the molecule is CCC1(c2ccccc2CNc2nc(Nc3cc(F)ccc3NC(=O)OC(C)(C)C)ncc2[N+](=O)[O-])OCCO1.